The van der Waals surface area contributed by atoms with E-state index in [9.17, 15) is 9.59 Å². The molecule has 2 fully saturated rings. The Morgan fingerprint density at radius 1 is 1.42 bits per heavy atom. The fourth-order valence-corrected chi connectivity index (χ4v) is 3.80. The molecule has 2 heterocycles. The molecule has 7 heteroatoms. The number of carboxylic acid groups (broad SMARTS) is 1. The van der Waals surface area contributed by atoms with Crippen molar-refractivity contribution in [2.75, 3.05) is 31.8 Å². The summed E-state index contributed by atoms with van der Waals surface area (Å²) in [5.74, 6) is 0.410. The number of aliphatic carboxylic acids is 1. The van der Waals surface area contributed by atoms with Gasteiger partial charge < -0.3 is 20.2 Å². The van der Waals surface area contributed by atoms with Gasteiger partial charge in [0.05, 0.1) is 5.88 Å². The van der Waals surface area contributed by atoms with Crippen molar-refractivity contribution in [1.82, 2.24) is 15.1 Å². The van der Waals surface area contributed by atoms with Gasteiger partial charge in [-0.2, -0.15) is 0 Å². The van der Waals surface area contributed by atoms with Gasteiger partial charge in [0.15, 0.2) is 0 Å². The van der Waals surface area contributed by atoms with E-state index in [-0.39, 0.29) is 12.1 Å². The number of rotatable bonds is 2. The molecule has 2 unspecified atom stereocenters. The maximum absolute atomic E-state index is 12.2. The largest absolute Gasteiger partial charge is 0.480 e. The van der Waals surface area contributed by atoms with Crippen LogP contribution in [0.2, 0.25) is 0 Å². The average molecular weight is 287 g/mol. The first kappa shape index (κ1) is 14.5. The van der Waals surface area contributed by atoms with E-state index in [0.717, 1.165) is 19.5 Å². The van der Waals surface area contributed by atoms with Crippen LogP contribution in [0, 0.1) is 5.92 Å². The lowest BCUT2D eigenvalue weighted by molar-refractivity contribution is -0.140. The summed E-state index contributed by atoms with van der Waals surface area (Å²) in [4.78, 5) is 26.9. The molecule has 3 atom stereocenters. The van der Waals surface area contributed by atoms with Crippen molar-refractivity contribution in [1.29, 1.82) is 0 Å². The standard InChI is InChI=1S/C12H21N3O3S/c1-8-5-14(2)4-3-9(8)13-12(18)15-7-19-6-10(15)11(16)17/h8-10H,3-7H2,1-2H3,(H,13,18)(H,16,17)/t8?,9?,10-/m0/s1. The fraction of sp³-hybridized carbons (Fsp3) is 0.833. The molecule has 2 aliphatic heterocycles. The number of hydrogen-bond acceptors (Lipinski definition) is 4. The van der Waals surface area contributed by atoms with E-state index in [0.29, 0.717) is 17.5 Å². The summed E-state index contributed by atoms with van der Waals surface area (Å²) in [5, 5.41) is 12.1. The van der Waals surface area contributed by atoms with Crippen LogP contribution in [0.5, 0.6) is 0 Å². The summed E-state index contributed by atoms with van der Waals surface area (Å²) >= 11 is 1.49. The maximum atomic E-state index is 12.2. The van der Waals surface area contributed by atoms with E-state index in [1.165, 1.54) is 16.7 Å². The topological polar surface area (TPSA) is 72.9 Å². The molecule has 0 radical (unpaired) electrons. The van der Waals surface area contributed by atoms with Gasteiger partial charge in [0.2, 0.25) is 0 Å². The minimum Gasteiger partial charge on any atom is -0.480 e. The monoisotopic (exact) mass is 287 g/mol. The third-order valence-corrected chi connectivity index (χ3v) is 4.86. The molecule has 0 aromatic rings. The van der Waals surface area contributed by atoms with Gasteiger partial charge in [-0.3, -0.25) is 0 Å². The Morgan fingerprint density at radius 3 is 2.79 bits per heavy atom. The Kier molecular flexibility index (Phi) is 4.57. The zero-order chi connectivity index (χ0) is 14.0. The lowest BCUT2D eigenvalue weighted by Gasteiger charge is -2.36. The van der Waals surface area contributed by atoms with Gasteiger partial charge in [-0.15, -0.1) is 11.8 Å². The van der Waals surface area contributed by atoms with Crippen LogP contribution in [-0.4, -0.2) is 70.8 Å². The quantitative estimate of drug-likeness (QED) is 0.773. The van der Waals surface area contributed by atoms with E-state index in [1.54, 1.807) is 0 Å². The highest BCUT2D eigenvalue weighted by Crippen LogP contribution is 2.22. The second kappa shape index (κ2) is 6.00. The minimum absolute atomic E-state index is 0.142. The first-order valence-electron chi connectivity index (χ1n) is 6.55. The molecule has 2 saturated heterocycles. The van der Waals surface area contributed by atoms with Crippen molar-refractivity contribution in [2.45, 2.75) is 25.4 Å². The van der Waals surface area contributed by atoms with Crippen LogP contribution in [0.1, 0.15) is 13.3 Å². The molecule has 2 amide bonds. The lowest BCUT2D eigenvalue weighted by Crippen LogP contribution is -2.54. The molecular weight excluding hydrogens is 266 g/mol. The molecule has 0 saturated carbocycles. The normalized spacial score (nSPS) is 32.3. The molecule has 2 rings (SSSR count). The van der Waals surface area contributed by atoms with Gasteiger partial charge in [0, 0.05) is 18.3 Å². The van der Waals surface area contributed by atoms with Gasteiger partial charge in [-0.1, -0.05) is 6.92 Å². The van der Waals surface area contributed by atoms with E-state index in [2.05, 4.69) is 24.2 Å². The van der Waals surface area contributed by atoms with Crippen LogP contribution in [0.25, 0.3) is 0 Å². The number of hydrogen-bond donors (Lipinski definition) is 2. The van der Waals surface area contributed by atoms with Gasteiger partial charge in [-0.05, 0) is 25.9 Å². The number of carboxylic acids is 1. The Morgan fingerprint density at radius 2 is 2.16 bits per heavy atom. The summed E-state index contributed by atoms with van der Waals surface area (Å²) in [7, 11) is 2.08. The minimum atomic E-state index is -0.920. The number of carbonyl (C=O) groups is 2. The number of likely N-dealkylation sites (tertiary alicyclic amines) is 1. The summed E-state index contributed by atoms with van der Waals surface area (Å²) in [5.41, 5.74) is 0. The van der Waals surface area contributed by atoms with Crippen LogP contribution in [-0.2, 0) is 4.79 Å². The van der Waals surface area contributed by atoms with Crippen molar-refractivity contribution in [3.63, 3.8) is 0 Å². The van der Waals surface area contributed by atoms with Crippen molar-refractivity contribution in [2.24, 2.45) is 5.92 Å². The molecule has 0 aromatic heterocycles. The molecule has 108 valence electrons. The smallest absolute Gasteiger partial charge is 0.327 e. The highest BCUT2D eigenvalue weighted by molar-refractivity contribution is 7.99. The Hall–Kier alpha value is -0.950. The number of thioether (sulfide) groups is 1. The summed E-state index contributed by atoms with van der Waals surface area (Å²) < 4.78 is 0. The number of piperidine rings is 1. The average Bonchev–Trinajstić information content (AvgIpc) is 2.82. The molecule has 0 aliphatic carbocycles. The summed E-state index contributed by atoms with van der Waals surface area (Å²) in [6.07, 6.45) is 0.919. The molecule has 19 heavy (non-hydrogen) atoms. The number of amides is 2. The zero-order valence-electron chi connectivity index (χ0n) is 11.3. The number of nitrogens with zero attached hydrogens (tertiary/aromatic N) is 2. The Bertz CT molecular complexity index is 366. The molecule has 0 spiro atoms. The van der Waals surface area contributed by atoms with Gasteiger partial charge >= 0.3 is 12.0 Å². The SMILES string of the molecule is CC1CN(C)CCC1NC(=O)N1CSC[C@H]1C(=O)O. The fourth-order valence-electron chi connectivity index (χ4n) is 2.66. The zero-order valence-corrected chi connectivity index (χ0v) is 12.2. The van der Waals surface area contributed by atoms with Crippen molar-refractivity contribution in [3.05, 3.63) is 0 Å². The van der Waals surface area contributed by atoms with Crippen molar-refractivity contribution < 1.29 is 14.7 Å². The van der Waals surface area contributed by atoms with Crippen LogP contribution in [0.3, 0.4) is 0 Å². The summed E-state index contributed by atoms with van der Waals surface area (Å²) in [6.45, 7) is 4.04. The van der Waals surface area contributed by atoms with E-state index in [4.69, 9.17) is 5.11 Å². The highest BCUT2D eigenvalue weighted by Gasteiger charge is 2.36. The second-order valence-electron chi connectivity index (χ2n) is 5.41. The van der Waals surface area contributed by atoms with Gasteiger partial charge in [0.25, 0.3) is 0 Å². The molecule has 0 bridgehead atoms. The first-order valence-corrected chi connectivity index (χ1v) is 7.70. The lowest BCUT2D eigenvalue weighted by atomic mass is 9.94. The van der Waals surface area contributed by atoms with Crippen LogP contribution in [0.4, 0.5) is 4.79 Å². The number of nitrogens with one attached hydrogen (secondary N) is 1. The second-order valence-corrected chi connectivity index (χ2v) is 6.41. The molecular formula is C12H21N3O3S. The molecule has 0 aromatic carbocycles. The number of urea groups is 1. The highest BCUT2D eigenvalue weighted by atomic mass is 32.2. The third kappa shape index (κ3) is 3.33. The van der Waals surface area contributed by atoms with Crippen LogP contribution < -0.4 is 5.32 Å². The molecule has 6 nitrogen and oxygen atoms in total. The predicted octanol–water partition coefficient (Wildman–Crippen LogP) is 0.496. The van der Waals surface area contributed by atoms with Crippen molar-refractivity contribution in [3.8, 4) is 0 Å². The molecule has 2 aliphatic rings. The van der Waals surface area contributed by atoms with E-state index < -0.39 is 12.0 Å². The Balaban J connectivity index is 1.92. The van der Waals surface area contributed by atoms with E-state index >= 15 is 0 Å². The van der Waals surface area contributed by atoms with Crippen molar-refractivity contribution >= 4 is 23.8 Å². The van der Waals surface area contributed by atoms with E-state index in [1.807, 2.05) is 0 Å². The van der Waals surface area contributed by atoms with Crippen LogP contribution in [0.15, 0.2) is 0 Å². The predicted molar refractivity (Wildman–Crippen MR) is 74.2 cm³/mol. The summed E-state index contributed by atoms with van der Waals surface area (Å²) in [6, 6.07) is -0.783. The Labute approximate surface area is 117 Å². The molecule has 2 N–H and O–H groups in total. The van der Waals surface area contributed by atoms with Gasteiger partial charge in [0.1, 0.15) is 6.04 Å². The third-order valence-electron chi connectivity index (χ3n) is 3.85. The number of carbonyl (C=O) groups excluding carboxylic acids is 1. The maximum Gasteiger partial charge on any atom is 0.327 e. The van der Waals surface area contributed by atoms with Crippen LogP contribution >= 0.6 is 11.8 Å². The van der Waals surface area contributed by atoms with Gasteiger partial charge in [-0.25, -0.2) is 9.59 Å². The first-order chi connectivity index (χ1) is 8.99.